The Balaban J connectivity index is 1.54. The summed E-state index contributed by atoms with van der Waals surface area (Å²) in [6.07, 6.45) is 5.73. The zero-order valence-electron chi connectivity index (χ0n) is 17.9. The SMILES string of the molecule is OCC1CCN(c2nc(N3CCC(CO)CC3)nc(N3CCC(CO)CC3)n2)CC1. The quantitative estimate of drug-likeness (QED) is 0.606. The molecule has 0 aliphatic carbocycles. The van der Waals surface area contributed by atoms with Crippen molar-refractivity contribution in [2.75, 3.05) is 73.8 Å². The van der Waals surface area contributed by atoms with Gasteiger partial charge in [-0.3, -0.25) is 0 Å². The molecule has 0 spiro atoms. The van der Waals surface area contributed by atoms with E-state index in [1.54, 1.807) is 0 Å². The topological polar surface area (TPSA) is 109 Å². The average Bonchev–Trinajstić information content (AvgIpc) is 2.84. The Bertz CT molecular complexity index is 566. The zero-order chi connectivity index (χ0) is 20.9. The van der Waals surface area contributed by atoms with Crippen LogP contribution in [0.5, 0.6) is 0 Å². The van der Waals surface area contributed by atoms with Crippen molar-refractivity contribution in [1.82, 2.24) is 15.0 Å². The van der Waals surface area contributed by atoms with Gasteiger partial charge < -0.3 is 30.0 Å². The molecule has 1 aromatic heterocycles. The second-order valence-corrected chi connectivity index (χ2v) is 9.07. The van der Waals surface area contributed by atoms with Gasteiger partial charge in [0.1, 0.15) is 0 Å². The predicted octanol–water partition coefficient (Wildman–Crippen LogP) is 0.498. The first-order valence-corrected chi connectivity index (χ1v) is 11.5. The van der Waals surface area contributed by atoms with Crippen molar-refractivity contribution in [1.29, 1.82) is 0 Å². The molecular formula is C21H36N6O3. The summed E-state index contributed by atoms with van der Waals surface area (Å²) < 4.78 is 0. The monoisotopic (exact) mass is 420 g/mol. The summed E-state index contributed by atoms with van der Waals surface area (Å²) in [5, 5.41) is 28.4. The molecule has 4 rings (SSSR count). The van der Waals surface area contributed by atoms with E-state index in [-0.39, 0.29) is 19.8 Å². The highest BCUT2D eigenvalue weighted by atomic mass is 16.3. The molecule has 9 nitrogen and oxygen atoms in total. The Morgan fingerprint density at radius 2 is 0.733 bits per heavy atom. The van der Waals surface area contributed by atoms with Crippen LogP contribution in [0.15, 0.2) is 0 Å². The molecule has 0 saturated carbocycles. The van der Waals surface area contributed by atoms with Gasteiger partial charge in [-0.2, -0.15) is 15.0 Å². The highest BCUT2D eigenvalue weighted by Gasteiger charge is 2.27. The van der Waals surface area contributed by atoms with Crippen LogP contribution in [0.3, 0.4) is 0 Å². The average molecular weight is 421 g/mol. The van der Waals surface area contributed by atoms with Gasteiger partial charge in [0.2, 0.25) is 17.8 Å². The summed E-state index contributed by atoms with van der Waals surface area (Å²) in [4.78, 5) is 21.2. The third-order valence-electron chi connectivity index (χ3n) is 7.07. The number of hydrogen-bond acceptors (Lipinski definition) is 9. The fourth-order valence-electron chi connectivity index (χ4n) is 4.71. The van der Waals surface area contributed by atoms with Gasteiger partial charge in [-0.05, 0) is 56.3 Å². The lowest BCUT2D eigenvalue weighted by atomic mass is 9.98. The zero-order valence-corrected chi connectivity index (χ0v) is 17.9. The fourth-order valence-corrected chi connectivity index (χ4v) is 4.71. The van der Waals surface area contributed by atoms with Crippen LogP contribution in [-0.4, -0.2) is 89.4 Å². The van der Waals surface area contributed by atoms with E-state index in [1.807, 2.05) is 0 Å². The van der Waals surface area contributed by atoms with Crippen molar-refractivity contribution in [2.45, 2.75) is 38.5 Å². The number of nitrogens with zero attached hydrogens (tertiary/aromatic N) is 6. The smallest absolute Gasteiger partial charge is 0.231 e. The van der Waals surface area contributed by atoms with E-state index in [1.165, 1.54) is 0 Å². The van der Waals surface area contributed by atoms with Gasteiger partial charge >= 0.3 is 0 Å². The fraction of sp³-hybridized carbons (Fsp3) is 0.857. The maximum atomic E-state index is 9.45. The first-order chi connectivity index (χ1) is 14.7. The second-order valence-electron chi connectivity index (χ2n) is 9.07. The number of aromatic nitrogens is 3. The van der Waals surface area contributed by atoms with Crippen molar-refractivity contribution >= 4 is 17.8 Å². The minimum atomic E-state index is 0.251. The lowest BCUT2D eigenvalue weighted by molar-refractivity contribution is 0.201. The minimum Gasteiger partial charge on any atom is -0.396 e. The largest absolute Gasteiger partial charge is 0.396 e. The summed E-state index contributed by atoms with van der Waals surface area (Å²) in [7, 11) is 0. The van der Waals surface area contributed by atoms with Gasteiger partial charge in [0.05, 0.1) is 0 Å². The maximum Gasteiger partial charge on any atom is 0.231 e. The van der Waals surface area contributed by atoms with Crippen LogP contribution in [0.1, 0.15) is 38.5 Å². The van der Waals surface area contributed by atoms with Gasteiger partial charge in [0.15, 0.2) is 0 Å². The molecule has 3 aliphatic heterocycles. The number of anilines is 3. The van der Waals surface area contributed by atoms with Crippen LogP contribution in [0.4, 0.5) is 17.8 Å². The van der Waals surface area contributed by atoms with E-state index in [2.05, 4.69) is 14.7 Å². The Kier molecular flexibility index (Phi) is 7.22. The summed E-state index contributed by atoms with van der Waals surface area (Å²) in [6, 6.07) is 0. The Morgan fingerprint density at radius 1 is 0.500 bits per heavy atom. The van der Waals surface area contributed by atoms with Gasteiger partial charge in [0.25, 0.3) is 0 Å². The Hall–Kier alpha value is -1.71. The Morgan fingerprint density at radius 3 is 0.933 bits per heavy atom. The molecule has 0 atom stereocenters. The minimum absolute atomic E-state index is 0.251. The van der Waals surface area contributed by atoms with E-state index >= 15 is 0 Å². The molecule has 30 heavy (non-hydrogen) atoms. The first kappa shape index (κ1) is 21.5. The molecule has 3 saturated heterocycles. The molecule has 0 bridgehead atoms. The summed E-state index contributed by atoms with van der Waals surface area (Å²) in [5.74, 6) is 3.33. The normalized spacial score (nSPS) is 22.7. The van der Waals surface area contributed by atoms with Crippen LogP contribution in [0.25, 0.3) is 0 Å². The molecule has 9 heteroatoms. The first-order valence-electron chi connectivity index (χ1n) is 11.5. The van der Waals surface area contributed by atoms with Crippen molar-refractivity contribution in [3.63, 3.8) is 0 Å². The third kappa shape index (κ3) is 4.95. The van der Waals surface area contributed by atoms with E-state index in [4.69, 9.17) is 15.0 Å². The molecule has 0 radical (unpaired) electrons. The van der Waals surface area contributed by atoms with Crippen molar-refractivity contribution in [2.24, 2.45) is 17.8 Å². The maximum absolute atomic E-state index is 9.45. The summed E-state index contributed by atoms with van der Waals surface area (Å²) >= 11 is 0. The van der Waals surface area contributed by atoms with Crippen molar-refractivity contribution < 1.29 is 15.3 Å². The Labute approximate surface area is 178 Å². The molecule has 4 heterocycles. The van der Waals surface area contributed by atoms with E-state index in [0.29, 0.717) is 17.8 Å². The molecule has 0 aromatic carbocycles. The molecule has 3 fully saturated rings. The van der Waals surface area contributed by atoms with Crippen LogP contribution in [0.2, 0.25) is 0 Å². The van der Waals surface area contributed by atoms with Crippen LogP contribution < -0.4 is 14.7 Å². The number of rotatable bonds is 6. The van der Waals surface area contributed by atoms with Crippen molar-refractivity contribution in [3.05, 3.63) is 0 Å². The summed E-state index contributed by atoms with van der Waals surface area (Å²) in [5.41, 5.74) is 0. The van der Waals surface area contributed by atoms with Gasteiger partial charge in [-0.25, -0.2) is 0 Å². The predicted molar refractivity (Wildman–Crippen MR) is 116 cm³/mol. The van der Waals surface area contributed by atoms with E-state index in [0.717, 1.165) is 95.6 Å². The van der Waals surface area contributed by atoms with Gasteiger partial charge in [-0.1, -0.05) is 0 Å². The molecule has 3 N–H and O–H groups in total. The molecule has 1 aromatic rings. The highest BCUT2D eigenvalue weighted by Crippen LogP contribution is 2.28. The van der Waals surface area contributed by atoms with E-state index < -0.39 is 0 Å². The highest BCUT2D eigenvalue weighted by molar-refractivity contribution is 5.47. The van der Waals surface area contributed by atoms with Gasteiger partial charge in [0, 0.05) is 59.1 Å². The molecule has 168 valence electrons. The van der Waals surface area contributed by atoms with Crippen LogP contribution in [-0.2, 0) is 0 Å². The van der Waals surface area contributed by atoms with Crippen LogP contribution in [0, 0.1) is 17.8 Å². The van der Waals surface area contributed by atoms with Gasteiger partial charge in [-0.15, -0.1) is 0 Å². The molecule has 3 aliphatic rings. The lowest BCUT2D eigenvalue weighted by Gasteiger charge is -2.35. The third-order valence-corrected chi connectivity index (χ3v) is 7.07. The second kappa shape index (κ2) is 10.1. The number of piperidine rings is 3. The molecule has 0 unspecified atom stereocenters. The number of hydrogen-bond donors (Lipinski definition) is 3. The van der Waals surface area contributed by atoms with Crippen LogP contribution >= 0.6 is 0 Å². The van der Waals surface area contributed by atoms with Crippen molar-refractivity contribution in [3.8, 4) is 0 Å². The molecular weight excluding hydrogens is 384 g/mol. The number of aliphatic hydroxyl groups excluding tert-OH is 3. The number of aliphatic hydroxyl groups is 3. The lowest BCUT2D eigenvalue weighted by Crippen LogP contribution is -2.40. The standard InChI is InChI=1S/C21H36N6O3/c28-13-16-1-7-25(8-2-16)19-22-20(26-9-3-17(14-29)4-10-26)24-21(23-19)27-11-5-18(15-30)6-12-27/h16-18,28-30H,1-15H2. The molecule has 0 amide bonds. The summed E-state index contributed by atoms with van der Waals surface area (Å²) in [6.45, 7) is 5.88. The van der Waals surface area contributed by atoms with E-state index in [9.17, 15) is 15.3 Å².